The maximum absolute atomic E-state index is 12.3. The molecule has 0 atom stereocenters. The van der Waals surface area contributed by atoms with E-state index in [1.807, 2.05) is 12.1 Å². The Morgan fingerprint density at radius 1 is 1.00 bits per heavy atom. The first kappa shape index (κ1) is 18.3. The Hall–Kier alpha value is -2.53. The lowest BCUT2D eigenvalue weighted by atomic mass is 10.2. The van der Waals surface area contributed by atoms with Gasteiger partial charge in [0.25, 0.3) is 5.91 Å². The standard InChI is InChI=1S/C21H27N3O2/c1-3-12-23-13-15-24(16-14-23)19-8-6-18(7-9-19)22-21(25)17-4-10-20(26-2)11-5-17/h4-11H,3,12-16H2,1-2H3,(H,22,25). The first-order chi connectivity index (χ1) is 12.7. The van der Waals surface area contributed by atoms with Crippen molar-refractivity contribution in [3.63, 3.8) is 0 Å². The van der Waals surface area contributed by atoms with Crippen molar-refractivity contribution in [2.75, 3.05) is 50.1 Å². The monoisotopic (exact) mass is 353 g/mol. The van der Waals surface area contributed by atoms with Crippen molar-refractivity contribution in [2.45, 2.75) is 13.3 Å². The van der Waals surface area contributed by atoms with Crippen LogP contribution in [0.2, 0.25) is 0 Å². The van der Waals surface area contributed by atoms with Crippen LogP contribution >= 0.6 is 0 Å². The minimum absolute atomic E-state index is 0.117. The third-order valence-corrected chi connectivity index (χ3v) is 4.75. The molecule has 1 aliphatic heterocycles. The predicted molar refractivity (Wildman–Crippen MR) is 106 cm³/mol. The van der Waals surface area contributed by atoms with Crippen molar-refractivity contribution in [1.29, 1.82) is 0 Å². The second kappa shape index (κ2) is 8.72. The smallest absolute Gasteiger partial charge is 0.255 e. The Balaban J connectivity index is 1.56. The second-order valence-corrected chi connectivity index (χ2v) is 6.56. The zero-order chi connectivity index (χ0) is 18.4. The molecule has 0 aliphatic carbocycles. The summed E-state index contributed by atoms with van der Waals surface area (Å²) in [6.07, 6.45) is 1.21. The van der Waals surface area contributed by atoms with E-state index in [1.54, 1.807) is 31.4 Å². The molecule has 1 fully saturated rings. The molecule has 5 nitrogen and oxygen atoms in total. The number of hydrogen-bond acceptors (Lipinski definition) is 4. The molecule has 0 bridgehead atoms. The van der Waals surface area contributed by atoms with Gasteiger partial charge in [0.1, 0.15) is 5.75 Å². The number of carbonyl (C=O) groups is 1. The fourth-order valence-electron chi connectivity index (χ4n) is 3.25. The molecule has 1 saturated heterocycles. The number of piperazine rings is 1. The Bertz CT molecular complexity index is 705. The quantitative estimate of drug-likeness (QED) is 0.864. The summed E-state index contributed by atoms with van der Waals surface area (Å²) in [6.45, 7) is 7.75. The van der Waals surface area contributed by atoms with Crippen LogP contribution in [0.15, 0.2) is 48.5 Å². The molecule has 1 N–H and O–H groups in total. The number of methoxy groups -OCH3 is 1. The van der Waals surface area contributed by atoms with Gasteiger partial charge in [-0.2, -0.15) is 0 Å². The second-order valence-electron chi connectivity index (χ2n) is 6.56. The highest BCUT2D eigenvalue weighted by Gasteiger charge is 2.16. The van der Waals surface area contributed by atoms with Gasteiger partial charge in [-0.25, -0.2) is 0 Å². The van der Waals surface area contributed by atoms with Crippen LogP contribution < -0.4 is 15.0 Å². The van der Waals surface area contributed by atoms with E-state index in [1.165, 1.54) is 18.7 Å². The summed E-state index contributed by atoms with van der Waals surface area (Å²) >= 11 is 0. The van der Waals surface area contributed by atoms with Crippen molar-refractivity contribution in [1.82, 2.24) is 4.90 Å². The number of anilines is 2. The maximum Gasteiger partial charge on any atom is 0.255 e. The number of amides is 1. The molecular formula is C21H27N3O2. The van der Waals surface area contributed by atoms with E-state index in [0.717, 1.165) is 37.6 Å². The largest absolute Gasteiger partial charge is 0.497 e. The summed E-state index contributed by atoms with van der Waals surface area (Å²) < 4.78 is 5.12. The summed E-state index contributed by atoms with van der Waals surface area (Å²) in [6, 6.07) is 15.2. The Labute approximate surface area is 155 Å². The zero-order valence-electron chi connectivity index (χ0n) is 15.6. The highest BCUT2D eigenvalue weighted by Crippen LogP contribution is 2.20. The van der Waals surface area contributed by atoms with Gasteiger partial charge < -0.3 is 15.0 Å². The van der Waals surface area contributed by atoms with Crippen LogP contribution in [0.4, 0.5) is 11.4 Å². The Kier molecular flexibility index (Phi) is 6.12. The van der Waals surface area contributed by atoms with Crippen LogP contribution in [0.3, 0.4) is 0 Å². The summed E-state index contributed by atoms with van der Waals surface area (Å²) in [5, 5.41) is 2.94. The number of ether oxygens (including phenoxy) is 1. The molecule has 0 saturated carbocycles. The van der Waals surface area contributed by atoms with Crippen molar-refractivity contribution < 1.29 is 9.53 Å². The molecule has 3 rings (SSSR count). The lowest BCUT2D eigenvalue weighted by Crippen LogP contribution is -2.46. The van der Waals surface area contributed by atoms with Gasteiger partial charge in [0.2, 0.25) is 0 Å². The Morgan fingerprint density at radius 2 is 1.65 bits per heavy atom. The van der Waals surface area contributed by atoms with E-state index in [2.05, 4.69) is 34.2 Å². The van der Waals surface area contributed by atoms with Gasteiger partial charge in [-0.15, -0.1) is 0 Å². The maximum atomic E-state index is 12.3. The minimum atomic E-state index is -0.117. The molecular weight excluding hydrogens is 326 g/mol. The van der Waals surface area contributed by atoms with Crippen molar-refractivity contribution in [3.05, 3.63) is 54.1 Å². The van der Waals surface area contributed by atoms with Gasteiger partial charge in [0.15, 0.2) is 0 Å². The zero-order valence-corrected chi connectivity index (χ0v) is 15.6. The third kappa shape index (κ3) is 4.55. The lowest BCUT2D eigenvalue weighted by Gasteiger charge is -2.36. The van der Waals surface area contributed by atoms with E-state index in [0.29, 0.717) is 5.56 Å². The first-order valence-electron chi connectivity index (χ1n) is 9.22. The third-order valence-electron chi connectivity index (χ3n) is 4.75. The van der Waals surface area contributed by atoms with Gasteiger partial charge in [-0.05, 0) is 61.5 Å². The summed E-state index contributed by atoms with van der Waals surface area (Å²) in [5.74, 6) is 0.624. The average molecular weight is 353 g/mol. The fraction of sp³-hybridized carbons (Fsp3) is 0.381. The van der Waals surface area contributed by atoms with Gasteiger partial charge in [0, 0.05) is 43.1 Å². The molecule has 26 heavy (non-hydrogen) atoms. The van der Waals surface area contributed by atoms with Crippen LogP contribution in [0.5, 0.6) is 5.75 Å². The lowest BCUT2D eigenvalue weighted by molar-refractivity contribution is 0.102. The summed E-state index contributed by atoms with van der Waals surface area (Å²) in [4.78, 5) is 17.2. The van der Waals surface area contributed by atoms with Crippen LogP contribution in [-0.2, 0) is 0 Å². The van der Waals surface area contributed by atoms with E-state index < -0.39 is 0 Å². The fourth-order valence-corrected chi connectivity index (χ4v) is 3.25. The molecule has 1 aliphatic rings. The summed E-state index contributed by atoms with van der Waals surface area (Å²) in [5.41, 5.74) is 2.63. The molecule has 138 valence electrons. The van der Waals surface area contributed by atoms with E-state index >= 15 is 0 Å². The molecule has 2 aromatic rings. The molecule has 0 unspecified atom stereocenters. The van der Waals surface area contributed by atoms with E-state index in [-0.39, 0.29) is 5.91 Å². The molecule has 1 heterocycles. The van der Waals surface area contributed by atoms with E-state index in [9.17, 15) is 4.79 Å². The molecule has 2 aromatic carbocycles. The van der Waals surface area contributed by atoms with Gasteiger partial charge in [0.05, 0.1) is 7.11 Å². The van der Waals surface area contributed by atoms with Gasteiger partial charge in [-0.1, -0.05) is 6.92 Å². The minimum Gasteiger partial charge on any atom is -0.497 e. The molecule has 0 aromatic heterocycles. The van der Waals surface area contributed by atoms with Crippen LogP contribution in [0.1, 0.15) is 23.7 Å². The molecule has 1 amide bonds. The molecule has 0 radical (unpaired) electrons. The number of carbonyl (C=O) groups excluding carboxylic acids is 1. The topological polar surface area (TPSA) is 44.8 Å². The highest BCUT2D eigenvalue weighted by atomic mass is 16.5. The van der Waals surface area contributed by atoms with Crippen LogP contribution in [0, 0.1) is 0 Å². The van der Waals surface area contributed by atoms with Crippen LogP contribution in [0.25, 0.3) is 0 Å². The van der Waals surface area contributed by atoms with Crippen molar-refractivity contribution in [2.24, 2.45) is 0 Å². The van der Waals surface area contributed by atoms with Crippen molar-refractivity contribution in [3.8, 4) is 5.75 Å². The Morgan fingerprint density at radius 3 is 2.23 bits per heavy atom. The predicted octanol–water partition coefficient (Wildman–Crippen LogP) is 3.48. The number of benzene rings is 2. The van der Waals surface area contributed by atoms with E-state index in [4.69, 9.17) is 4.74 Å². The molecule has 5 heteroatoms. The number of rotatable bonds is 6. The van der Waals surface area contributed by atoms with Crippen LogP contribution in [-0.4, -0.2) is 50.6 Å². The number of nitrogens with zero attached hydrogens (tertiary/aromatic N) is 2. The SMILES string of the molecule is CCCN1CCN(c2ccc(NC(=O)c3ccc(OC)cc3)cc2)CC1. The number of nitrogens with one attached hydrogen (secondary N) is 1. The highest BCUT2D eigenvalue weighted by molar-refractivity contribution is 6.04. The first-order valence-corrected chi connectivity index (χ1v) is 9.22. The van der Waals surface area contributed by atoms with Crippen molar-refractivity contribution >= 4 is 17.3 Å². The number of hydrogen-bond donors (Lipinski definition) is 1. The van der Waals surface area contributed by atoms with Gasteiger partial charge >= 0.3 is 0 Å². The normalized spacial score (nSPS) is 14.9. The average Bonchev–Trinajstić information content (AvgIpc) is 2.69. The summed E-state index contributed by atoms with van der Waals surface area (Å²) in [7, 11) is 1.61. The molecule has 0 spiro atoms. The van der Waals surface area contributed by atoms with Gasteiger partial charge in [-0.3, -0.25) is 9.69 Å².